The molecule has 7 heteroatoms. The summed E-state index contributed by atoms with van der Waals surface area (Å²) in [6.07, 6.45) is 2.18. The van der Waals surface area contributed by atoms with Crippen LogP contribution in [-0.4, -0.2) is 41.2 Å². The number of thiazole rings is 1. The molecule has 6 nitrogen and oxygen atoms in total. The van der Waals surface area contributed by atoms with Gasteiger partial charge in [0.15, 0.2) is 5.69 Å². The lowest BCUT2D eigenvalue weighted by atomic mass is 9.99. The lowest BCUT2D eigenvalue weighted by Gasteiger charge is -2.16. The summed E-state index contributed by atoms with van der Waals surface area (Å²) >= 11 is 1.30. The second-order valence-electron chi connectivity index (χ2n) is 4.69. The fraction of sp³-hybridized carbons (Fsp3) is 0.615. The Morgan fingerprint density at radius 3 is 3.05 bits per heavy atom. The van der Waals surface area contributed by atoms with Gasteiger partial charge in [0.1, 0.15) is 0 Å². The third-order valence-corrected chi connectivity index (χ3v) is 4.27. The van der Waals surface area contributed by atoms with E-state index in [4.69, 9.17) is 9.84 Å². The Morgan fingerprint density at radius 1 is 1.60 bits per heavy atom. The maximum absolute atomic E-state index is 12.0. The van der Waals surface area contributed by atoms with E-state index in [1.807, 2.05) is 6.92 Å². The van der Waals surface area contributed by atoms with E-state index in [1.54, 1.807) is 0 Å². The molecule has 0 saturated carbocycles. The number of carboxylic acids is 1. The standard InChI is InChI=1S/C13H18N2O4S/c1-2-10-8(4-6-19-10)12(16)14-5-3-11-15-9(7-20-11)13(17)18/h7-8,10H,2-6H2,1H3,(H,14,16)(H,17,18). The van der Waals surface area contributed by atoms with E-state index in [-0.39, 0.29) is 23.6 Å². The number of rotatable bonds is 6. The predicted octanol–water partition coefficient (Wildman–Crippen LogP) is 1.32. The Kier molecular flexibility index (Phi) is 5.08. The Balaban J connectivity index is 1.77. The van der Waals surface area contributed by atoms with Gasteiger partial charge in [0.2, 0.25) is 5.91 Å². The van der Waals surface area contributed by atoms with Crippen molar-refractivity contribution in [3.8, 4) is 0 Å². The zero-order chi connectivity index (χ0) is 14.5. The number of carbonyl (C=O) groups excluding carboxylic acids is 1. The minimum absolute atomic E-state index is 0.0179. The van der Waals surface area contributed by atoms with Gasteiger partial charge in [-0.3, -0.25) is 4.79 Å². The molecule has 1 aliphatic rings. The van der Waals surface area contributed by atoms with Crippen LogP contribution in [0.5, 0.6) is 0 Å². The van der Waals surface area contributed by atoms with Crippen LogP contribution in [0.3, 0.4) is 0 Å². The number of nitrogens with zero attached hydrogens (tertiary/aromatic N) is 1. The van der Waals surface area contributed by atoms with Crippen LogP contribution in [0.4, 0.5) is 0 Å². The number of ether oxygens (including phenoxy) is 1. The highest BCUT2D eigenvalue weighted by Crippen LogP contribution is 2.23. The Labute approximate surface area is 121 Å². The molecule has 2 heterocycles. The van der Waals surface area contributed by atoms with Gasteiger partial charge in [-0.15, -0.1) is 11.3 Å². The van der Waals surface area contributed by atoms with Gasteiger partial charge >= 0.3 is 5.97 Å². The molecule has 20 heavy (non-hydrogen) atoms. The minimum Gasteiger partial charge on any atom is -0.476 e. The monoisotopic (exact) mass is 298 g/mol. The van der Waals surface area contributed by atoms with Crippen LogP contribution >= 0.6 is 11.3 Å². The fourth-order valence-corrected chi connectivity index (χ4v) is 3.07. The first-order valence-electron chi connectivity index (χ1n) is 6.68. The van der Waals surface area contributed by atoms with Crippen molar-refractivity contribution in [3.05, 3.63) is 16.1 Å². The number of nitrogens with one attached hydrogen (secondary N) is 1. The molecule has 1 aliphatic heterocycles. The fourth-order valence-electron chi connectivity index (χ4n) is 2.30. The lowest BCUT2D eigenvalue weighted by molar-refractivity contribution is -0.126. The average Bonchev–Trinajstić information content (AvgIpc) is 3.07. The van der Waals surface area contributed by atoms with Gasteiger partial charge in [-0.1, -0.05) is 6.92 Å². The van der Waals surface area contributed by atoms with Crippen molar-refractivity contribution in [2.45, 2.75) is 32.3 Å². The largest absolute Gasteiger partial charge is 0.476 e. The molecule has 2 atom stereocenters. The third kappa shape index (κ3) is 3.55. The van der Waals surface area contributed by atoms with Gasteiger partial charge < -0.3 is 15.2 Å². The summed E-state index contributed by atoms with van der Waals surface area (Å²) in [6.45, 7) is 3.13. The minimum atomic E-state index is -1.02. The Bertz CT molecular complexity index is 488. The molecule has 2 rings (SSSR count). The van der Waals surface area contributed by atoms with E-state index < -0.39 is 5.97 Å². The quantitative estimate of drug-likeness (QED) is 0.827. The number of carbonyl (C=O) groups is 2. The number of aromatic carboxylic acids is 1. The van der Waals surface area contributed by atoms with Gasteiger partial charge in [-0.2, -0.15) is 0 Å². The highest BCUT2D eigenvalue weighted by atomic mass is 32.1. The first kappa shape index (κ1) is 14.9. The van der Waals surface area contributed by atoms with Crippen molar-refractivity contribution in [2.24, 2.45) is 5.92 Å². The predicted molar refractivity (Wildman–Crippen MR) is 73.9 cm³/mol. The van der Waals surface area contributed by atoms with Crippen LogP contribution in [0, 0.1) is 5.92 Å². The van der Waals surface area contributed by atoms with Gasteiger partial charge in [-0.05, 0) is 12.8 Å². The van der Waals surface area contributed by atoms with Crippen LogP contribution in [0.15, 0.2) is 5.38 Å². The van der Waals surface area contributed by atoms with Crippen molar-refractivity contribution >= 4 is 23.2 Å². The molecule has 1 amide bonds. The first-order valence-corrected chi connectivity index (χ1v) is 7.56. The van der Waals surface area contributed by atoms with E-state index in [9.17, 15) is 9.59 Å². The van der Waals surface area contributed by atoms with Gasteiger partial charge in [0.05, 0.1) is 17.0 Å². The number of amides is 1. The first-order chi connectivity index (χ1) is 9.61. The van der Waals surface area contributed by atoms with E-state index >= 15 is 0 Å². The molecule has 1 fully saturated rings. The summed E-state index contributed by atoms with van der Waals surface area (Å²) in [5.41, 5.74) is 0.0616. The molecule has 0 aliphatic carbocycles. The van der Waals surface area contributed by atoms with Crippen LogP contribution in [-0.2, 0) is 16.0 Å². The summed E-state index contributed by atoms with van der Waals surface area (Å²) in [6, 6.07) is 0. The van der Waals surface area contributed by atoms with Crippen LogP contribution < -0.4 is 5.32 Å². The Morgan fingerprint density at radius 2 is 2.40 bits per heavy atom. The maximum Gasteiger partial charge on any atom is 0.355 e. The summed E-state index contributed by atoms with van der Waals surface area (Å²) in [5, 5.41) is 13.9. The summed E-state index contributed by atoms with van der Waals surface area (Å²) in [5.74, 6) is -1.07. The molecule has 2 N–H and O–H groups in total. The SMILES string of the molecule is CCC1OCCC1C(=O)NCCc1nc(C(=O)O)cs1. The van der Waals surface area contributed by atoms with Crippen molar-refractivity contribution in [1.29, 1.82) is 0 Å². The van der Waals surface area contributed by atoms with Crippen LogP contribution in [0.1, 0.15) is 35.3 Å². The molecule has 110 valence electrons. The van der Waals surface area contributed by atoms with E-state index in [1.165, 1.54) is 16.7 Å². The van der Waals surface area contributed by atoms with Crippen molar-refractivity contribution in [3.63, 3.8) is 0 Å². The molecule has 0 aromatic carbocycles. The molecule has 1 aromatic heterocycles. The van der Waals surface area contributed by atoms with E-state index in [0.29, 0.717) is 19.6 Å². The summed E-state index contributed by atoms with van der Waals surface area (Å²) < 4.78 is 5.49. The van der Waals surface area contributed by atoms with Crippen molar-refractivity contribution in [1.82, 2.24) is 10.3 Å². The topological polar surface area (TPSA) is 88.5 Å². The number of hydrogen-bond donors (Lipinski definition) is 2. The van der Waals surface area contributed by atoms with Crippen LogP contribution in [0.2, 0.25) is 0 Å². The van der Waals surface area contributed by atoms with E-state index in [2.05, 4.69) is 10.3 Å². The smallest absolute Gasteiger partial charge is 0.355 e. The molecule has 1 aromatic rings. The molecular formula is C13H18N2O4S. The number of hydrogen-bond acceptors (Lipinski definition) is 5. The number of carboxylic acid groups (broad SMARTS) is 1. The lowest BCUT2D eigenvalue weighted by Crippen LogP contribution is -2.36. The van der Waals surface area contributed by atoms with Gasteiger partial charge in [-0.25, -0.2) is 9.78 Å². The van der Waals surface area contributed by atoms with Crippen molar-refractivity contribution in [2.75, 3.05) is 13.2 Å². The molecule has 0 bridgehead atoms. The summed E-state index contributed by atoms with van der Waals surface area (Å²) in [7, 11) is 0. The second kappa shape index (κ2) is 6.81. The molecule has 0 spiro atoms. The van der Waals surface area contributed by atoms with Gasteiger partial charge in [0.25, 0.3) is 0 Å². The molecule has 0 radical (unpaired) electrons. The highest BCUT2D eigenvalue weighted by molar-refractivity contribution is 7.09. The Hall–Kier alpha value is -1.47. The van der Waals surface area contributed by atoms with Crippen molar-refractivity contribution < 1.29 is 19.4 Å². The summed E-state index contributed by atoms with van der Waals surface area (Å²) in [4.78, 5) is 26.7. The molecule has 1 saturated heterocycles. The zero-order valence-electron chi connectivity index (χ0n) is 11.3. The van der Waals surface area contributed by atoms with E-state index in [0.717, 1.165) is 17.8 Å². The molecule has 2 unspecified atom stereocenters. The molecular weight excluding hydrogens is 280 g/mol. The second-order valence-corrected chi connectivity index (χ2v) is 5.63. The number of aromatic nitrogens is 1. The maximum atomic E-state index is 12.0. The van der Waals surface area contributed by atoms with Crippen LogP contribution in [0.25, 0.3) is 0 Å². The van der Waals surface area contributed by atoms with Gasteiger partial charge in [0, 0.05) is 25.0 Å². The zero-order valence-corrected chi connectivity index (χ0v) is 12.1. The highest BCUT2D eigenvalue weighted by Gasteiger charge is 2.32. The average molecular weight is 298 g/mol. The normalized spacial score (nSPS) is 21.9. The third-order valence-electron chi connectivity index (χ3n) is 3.36.